The van der Waals surface area contributed by atoms with E-state index < -0.39 is 40.7 Å². The Morgan fingerprint density at radius 3 is 2.37 bits per heavy atom. The first-order valence-corrected chi connectivity index (χ1v) is 7.02. The van der Waals surface area contributed by atoms with Crippen molar-refractivity contribution < 1.29 is 32.8 Å². The summed E-state index contributed by atoms with van der Waals surface area (Å²) in [6.45, 7) is 0. The van der Waals surface area contributed by atoms with Crippen LogP contribution < -0.4 is 4.31 Å². The first-order valence-electron chi connectivity index (χ1n) is 4.40. The van der Waals surface area contributed by atoms with Gasteiger partial charge in [0.25, 0.3) is 0 Å². The molecule has 10 nitrogen and oxygen atoms in total. The number of carboxylic acids is 2. The van der Waals surface area contributed by atoms with E-state index in [1.165, 1.54) is 0 Å². The van der Waals surface area contributed by atoms with Crippen molar-refractivity contribution in [2.24, 2.45) is 0 Å². The summed E-state index contributed by atoms with van der Waals surface area (Å²) in [5, 5.41) is 17.5. The van der Waals surface area contributed by atoms with E-state index in [0.717, 1.165) is 11.5 Å². The summed E-state index contributed by atoms with van der Waals surface area (Å²) in [6.07, 6.45) is -1.06. The molecule has 0 aliphatic carbocycles. The topological polar surface area (TPSA) is 161 Å². The number of hydrogen-bond acceptors (Lipinski definition) is 7. The maximum atomic E-state index is 11.2. The Morgan fingerprint density at radius 2 is 2.05 bits per heavy atom. The molecule has 13 heteroatoms. The van der Waals surface area contributed by atoms with Crippen molar-refractivity contribution in [3.63, 3.8) is 0 Å². The zero-order valence-corrected chi connectivity index (χ0v) is 11.3. The predicted octanol–water partition coefficient (Wildman–Crippen LogP) is -0.262. The van der Waals surface area contributed by atoms with E-state index in [0.29, 0.717) is 0 Å². The van der Waals surface area contributed by atoms with Crippen LogP contribution in [0, 0.1) is 3.95 Å². The smallest absolute Gasteiger partial charge is 0.363 e. The second kappa shape index (κ2) is 5.60. The number of carbonyl (C=O) groups is 2. The van der Waals surface area contributed by atoms with Gasteiger partial charge in [-0.25, -0.2) is 9.10 Å². The van der Waals surface area contributed by atoms with E-state index in [9.17, 15) is 18.0 Å². The Morgan fingerprint density at radius 1 is 1.47 bits per heavy atom. The molecule has 0 fully saturated rings. The monoisotopic (exact) mass is 329 g/mol. The maximum Gasteiger partial charge on any atom is 0.363 e. The van der Waals surface area contributed by atoms with Gasteiger partial charge in [0, 0.05) is 0 Å². The minimum atomic E-state index is -5.04. The number of nitrogens with one attached hydrogen (secondary N) is 1. The van der Waals surface area contributed by atoms with Crippen LogP contribution in [0.2, 0.25) is 0 Å². The molecular formula is C6H7N3O7S3. The Bertz CT molecular complexity index is 647. The molecule has 0 aliphatic rings. The first-order chi connectivity index (χ1) is 8.62. The number of aliphatic carboxylic acids is 2. The van der Waals surface area contributed by atoms with E-state index >= 15 is 0 Å². The molecule has 4 N–H and O–H groups in total. The molecule has 0 spiro atoms. The summed E-state index contributed by atoms with van der Waals surface area (Å²) in [5.41, 5.74) is 0. The molecule has 106 valence electrons. The van der Waals surface area contributed by atoms with Gasteiger partial charge in [0.15, 0.2) is 10.00 Å². The molecule has 1 aromatic rings. The molecule has 0 amide bonds. The Kier molecular flexibility index (Phi) is 4.56. The van der Waals surface area contributed by atoms with Crippen LogP contribution in [0.3, 0.4) is 0 Å². The largest absolute Gasteiger partial charge is 0.481 e. The lowest BCUT2D eigenvalue weighted by molar-refractivity contribution is -0.144. The summed E-state index contributed by atoms with van der Waals surface area (Å²) in [4.78, 5) is 25.0. The van der Waals surface area contributed by atoms with Gasteiger partial charge in [-0.1, -0.05) is 0 Å². The molecule has 0 bridgehead atoms. The fourth-order valence-corrected chi connectivity index (χ4v) is 2.68. The highest BCUT2D eigenvalue weighted by molar-refractivity contribution is 7.87. The Hall–Kier alpha value is -1.57. The molecule has 0 radical (unpaired) electrons. The van der Waals surface area contributed by atoms with Gasteiger partial charge in [-0.05, 0) is 23.8 Å². The predicted molar refractivity (Wildman–Crippen MR) is 65.0 cm³/mol. The lowest BCUT2D eigenvalue weighted by atomic mass is 10.2. The minimum absolute atomic E-state index is 0.0388. The highest BCUT2D eigenvalue weighted by Crippen LogP contribution is 2.19. The van der Waals surface area contributed by atoms with Gasteiger partial charge in [0.2, 0.25) is 5.95 Å². The molecule has 19 heavy (non-hydrogen) atoms. The highest BCUT2D eigenvalue weighted by atomic mass is 32.2. The van der Waals surface area contributed by atoms with E-state index in [2.05, 4.69) is 21.6 Å². The van der Waals surface area contributed by atoms with E-state index in [4.69, 9.17) is 14.8 Å². The van der Waals surface area contributed by atoms with Crippen LogP contribution in [0.1, 0.15) is 6.42 Å². The second-order valence-corrected chi connectivity index (χ2v) is 5.86. The summed E-state index contributed by atoms with van der Waals surface area (Å²) >= 11 is 5.34. The lowest BCUT2D eigenvalue weighted by Crippen LogP contribution is -2.46. The van der Waals surface area contributed by atoms with Crippen LogP contribution in [-0.2, 0) is 19.9 Å². The summed E-state index contributed by atoms with van der Waals surface area (Å²) in [7, 11) is -5.04. The molecule has 1 atom stereocenters. The number of aromatic amines is 1. The standard InChI is InChI=1S/C6H7N3O7S3/c10-3(11)1-2(4(12)13)9(19(14,15)16)5-7-6(17)18-8-5/h2H,1H2,(H,10,11)(H,12,13)(H,7,8,17)(H,14,15,16). The second-order valence-electron chi connectivity index (χ2n) is 3.13. The van der Waals surface area contributed by atoms with Crippen molar-refractivity contribution in [3.05, 3.63) is 3.95 Å². The summed E-state index contributed by atoms with van der Waals surface area (Å²) < 4.78 is 33.6. The Labute approximate surface area is 115 Å². The molecule has 1 rings (SSSR count). The van der Waals surface area contributed by atoms with Crippen LogP contribution in [-0.4, -0.2) is 50.5 Å². The third-order valence-corrected chi connectivity index (χ3v) is 3.64. The average Bonchev–Trinajstić information content (AvgIpc) is 2.60. The van der Waals surface area contributed by atoms with E-state index in [-0.39, 0.29) is 8.26 Å². The fourth-order valence-electron chi connectivity index (χ4n) is 1.17. The average molecular weight is 329 g/mol. The van der Waals surface area contributed by atoms with Crippen molar-refractivity contribution in [1.29, 1.82) is 0 Å². The zero-order chi connectivity index (χ0) is 14.8. The molecule has 0 saturated carbocycles. The molecule has 0 saturated heterocycles. The van der Waals surface area contributed by atoms with Crippen molar-refractivity contribution >= 4 is 51.9 Å². The number of anilines is 1. The number of nitrogens with zero attached hydrogens (tertiary/aromatic N) is 2. The first kappa shape index (κ1) is 15.5. The van der Waals surface area contributed by atoms with Crippen LogP contribution in [0.15, 0.2) is 0 Å². The zero-order valence-electron chi connectivity index (χ0n) is 8.88. The van der Waals surface area contributed by atoms with Crippen LogP contribution >= 0.6 is 23.8 Å². The van der Waals surface area contributed by atoms with Crippen molar-refractivity contribution in [1.82, 2.24) is 9.36 Å². The molecule has 1 unspecified atom stereocenters. The van der Waals surface area contributed by atoms with Gasteiger partial charge in [0.05, 0.1) is 6.42 Å². The SMILES string of the molecule is O=C(O)CC(C(=O)O)N(c1nc(=S)s[nH]1)S(=O)(=O)O. The van der Waals surface area contributed by atoms with Gasteiger partial charge in [-0.3, -0.25) is 13.7 Å². The molecule has 0 aromatic carbocycles. The van der Waals surface area contributed by atoms with Gasteiger partial charge < -0.3 is 10.2 Å². The number of carboxylic acid groups (broad SMARTS) is 2. The van der Waals surface area contributed by atoms with Crippen LogP contribution in [0.4, 0.5) is 5.95 Å². The highest BCUT2D eigenvalue weighted by Gasteiger charge is 2.37. The molecule has 1 heterocycles. The lowest BCUT2D eigenvalue weighted by Gasteiger charge is -2.23. The molecular weight excluding hydrogens is 322 g/mol. The van der Waals surface area contributed by atoms with Gasteiger partial charge in [0.1, 0.15) is 0 Å². The number of rotatable bonds is 6. The van der Waals surface area contributed by atoms with Crippen LogP contribution in [0.5, 0.6) is 0 Å². The number of H-pyrrole nitrogens is 1. The van der Waals surface area contributed by atoms with Crippen molar-refractivity contribution in [2.45, 2.75) is 12.5 Å². The van der Waals surface area contributed by atoms with Gasteiger partial charge in [-0.2, -0.15) is 13.4 Å². The minimum Gasteiger partial charge on any atom is -0.481 e. The third-order valence-electron chi connectivity index (χ3n) is 1.82. The quantitative estimate of drug-likeness (QED) is 0.407. The van der Waals surface area contributed by atoms with E-state index in [1.807, 2.05) is 0 Å². The van der Waals surface area contributed by atoms with Gasteiger partial charge >= 0.3 is 22.2 Å². The van der Waals surface area contributed by atoms with Gasteiger partial charge in [-0.15, -0.1) is 0 Å². The van der Waals surface area contributed by atoms with Crippen molar-refractivity contribution in [3.8, 4) is 0 Å². The van der Waals surface area contributed by atoms with Crippen LogP contribution in [0.25, 0.3) is 0 Å². The number of hydrogen-bond donors (Lipinski definition) is 4. The van der Waals surface area contributed by atoms with E-state index in [1.54, 1.807) is 0 Å². The molecule has 1 aromatic heterocycles. The molecule has 0 aliphatic heterocycles. The Balaban J connectivity index is 3.34. The summed E-state index contributed by atoms with van der Waals surface area (Å²) in [5.74, 6) is -3.88. The normalized spacial score (nSPS) is 12.9. The fraction of sp³-hybridized carbons (Fsp3) is 0.333. The maximum absolute atomic E-state index is 11.2. The summed E-state index contributed by atoms with van der Waals surface area (Å²) in [6, 6.07) is -2.06. The number of aromatic nitrogens is 2. The third kappa shape index (κ3) is 3.95. The van der Waals surface area contributed by atoms with Crippen molar-refractivity contribution in [2.75, 3.05) is 4.31 Å².